The van der Waals surface area contributed by atoms with Crippen molar-refractivity contribution in [2.24, 2.45) is 5.92 Å². The zero-order chi connectivity index (χ0) is 20.9. The Kier molecular flexibility index (Phi) is 5.01. The van der Waals surface area contributed by atoms with E-state index in [4.69, 9.17) is 0 Å². The Labute approximate surface area is 165 Å². The molecule has 0 aromatic heterocycles. The van der Waals surface area contributed by atoms with E-state index in [-0.39, 0.29) is 16.3 Å². The first-order chi connectivity index (χ1) is 12.9. The molecule has 0 radical (unpaired) electrons. The van der Waals surface area contributed by atoms with E-state index < -0.39 is 31.9 Å². The third-order valence-corrected chi connectivity index (χ3v) is 7.89. The number of aryl methyl sites for hydroxylation is 3. The van der Waals surface area contributed by atoms with Crippen molar-refractivity contribution in [1.29, 1.82) is 0 Å². The standard InChI is InChI=1S/C19H22N2O5S2/c1-12-9-13(2)18(14(3)10-12)20-28(25,26)17-7-5-16(6-8-17)21-19(22)15(4)11-27(21,23)24/h5-10,15,20H,11H2,1-4H3/t15-/m1/s1. The highest BCUT2D eigenvalue weighted by molar-refractivity contribution is 7.94. The molecule has 1 heterocycles. The lowest BCUT2D eigenvalue weighted by Crippen LogP contribution is -2.30. The molecular formula is C19H22N2O5S2. The lowest BCUT2D eigenvalue weighted by atomic mass is 10.1. The van der Waals surface area contributed by atoms with Gasteiger partial charge < -0.3 is 0 Å². The molecule has 0 bridgehead atoms. The maximum Gasteiger partial charge on any atom is 0.261 e. The highest BCUT2D eigenvalue weighted by Crippen LogP contribution is 2.30. The molecule has 0 unspecified atom stereocenters. The summed E-state index contributed by atoms with van der Waals surface area (Å²) in [5.74, 6) is -1.39. The molecule has 1 N–H and O–H groups in total. The van der Waals surface area contributed by atoms with Gasteiger partial charge in [-0.1, -0.05) is 24.6 Å². The second-order valence-electron chi connectivity index (χ2n) is 7.16. The van der Waals surface area contributed by atoms with Crippen LogP contribution in [-0.2, 0) is 24.8 Å². The molecule has 1 amide bonds. The monoisotopic (exact) mass is 422 g/mol. The quantitative estimate of drug-likeness (QED) is 0.816. The topological polar surface area (TPSA) is 101 Å². The van der Waals surface area contributed by atoms with E-state index in [1.165, 1.54) is 24.3 Å². The largest absolute Gasteiger partial charge is 0.279 e. The van der Waals surface area contributed by atoms with Crippen molar-refractivity contribution < 1.29 is 21.6 Å². The number of anilines is 2. The molecule has 1 aliphatic heterocycles. The van der Waals surface area contributed by atoms with Crippen molar-refractivity contribution in [2.45, 2.75) is 32.6 Å². The van der Waals surface area contributed by atoms with Crippen molar-refractivity contribution in [2.75, 3.05) is 14.8 Å². The van der Waals surface area contributed by atoms with E-state index >= 15 is 0 Å². The van der Waals surface area contributed by atoms with E-state index in [0.717, 1.165) is 21.0 Å². The van der Waals surface area contributed by atoms with Crippen LogP contribution in [0.15, 0.2) is 41.3 Å². The number of hydrogen-bond acceptors (Lipinski definition) is 5. The van der Waals surface area contributed by atoms with Crippen LogP contribution in [0.2, 0.25) is 0 Å². The minimum Gasteiger partial charge on any atom is -0.279 e. The van der Waals surface area contributed by atoms with Crippen LogP contribution in [0, 0.1) is 26.7 Å². The van der Waals surface area contributed by atoms with Gasteiger partial charge in [-0.3, -0.25) is 9.52 Å². The predicted octanol–water partition coefficient (Wildman–Crippen LogP) is 2.73. The minimum absolute atomic E-state index is 0.0206. The van der Waals surface area contributed by atoms with Gasteiger partial charge in [-0.25, -0.2) is 21.1 Å². The third-order valence-electron chi connectivity index (χ3n) is 4.66. The van der Waals surface area contributed by atoms with Crippen molar-refractivity contribution >= 4 is 37.3 Å². The van der Waals surface area contributed by atoms with Crippen LogP contribution >= 0.6 is 0 Å². The molecule has 3 rings (SSSR count). The molecule has 150 valence electrons. The van der Waals surface area contributed by atoms with E-state index in [1.54, 1.807) is 6.92 Å². The van der Waals surface area contributed by atoms with E-state index in [2.05, 4.69) is 4.72 Å². The Bertz CT molecular complexity index is 1130. The molecule has 1 saturated heterocycles. The fourth-order valence-electron chi connectivity index (χ4n) is 3.38. The normalized spacial score (nSPS) is 19.1. The van der Waals surface area contributed by atoms with Gasteiger partial charge in [0.2, 0.25) is 15.9 Å². The first-order valence-corrected chi connectivity index (χ1v) is 11.8. The molecule has 9 heteroatoms. The summed E-state index contributed by atoms with van der Waals surface area (Å²) < 4.78 is 53.2. The number of benzene rings is 2. The van der Waals surface area contributed by atoms with Crippen molar-refractivity contribution in [1.82, 2.24) is 0 Å². The third kappa shape index (κ3) is 3.64. The van der Waals surface area contributed by atoms with Gasteiger partial charge in [0.25, 0.3) is 10.0 Å². The molecule has 2 aromatic rings. The van der Waals surface area contributed by atoms with E-state index in [0.29, 0.717) is 5.69 Å². The lowest BCUT2D eigenvalue weighted by molar-refractivity contribution is -0.119. The van der Waals surface area contributed by atoms with Crippen LogP contribution in [0.25, 0.3) is 0 Å². The smallest absolute Gasteiger partial charge is 0.261 e. The molecule has 0 saturated carbocycles. The summed E-state index contributed by atoms with van der Waals surface area (Å²) in [5.41, 5.74) is 3.30. The number of rotatable bonds is 4. The first kappa shape index (κ1) is 20.3. The van der Waals surface area contributed by atoms with Crippen LogP contribution < -0.4 is 9.03 Å². The Hall–Kier alpha value is -2.39. The van der Waals surface area contributed by atoms with Gasteiger partial charge in [-0.2, -0.15) is 0 Å². The number of hydrogen-bond donors (Lipinski definition) is 1. The second kappa shape index (κ2) is 6.89. The first-order valence-electron chi connectivity index (χ1n) is 8.70. The molecule has 0 spiro atoms. The number of carbonyl (C=O) groups is 1. The predicted molar refractivity (Wildman–Crippen MR) is 108 cm³/mol. The Morgan fingerprint density at radius 2 is 1.57 bits per heavy atom. The molecule has 0 aliphatic carbocycles. The number of carbonyl (C=O) groups excluding carboxylic acids is 1. The molecule has 1 fully saturated rings. The van der Waals surface area contributed by atoms with Crippen LogP contribution in [0.3, 0.4) is 0 Å². The maximum atomic E-state index is 12.8. The number of sulfonamides is 2. The summed E-state index contributed by atoms with van der Waals surface area (Å²) in [6, 6.07) is 9.02. The molecular weight excluding hydrogens is 400 g/mol. The van der Waals surface area contributed by atoms with Gasteiger partial charge in [0.05, 0.1) is 27.9 Å². The Morgan fingerprint density at radius 1 is 1.04 bits per heavy atom. The molecule has 2 aromatic carbocycles. The van der Waals surface area contributed by atoms with Gasteiger partial charge >= 0.3 is 0 Å². The van der Waals surface area contributed by atoms with Gasteiger partial charge in [0.1, 0.15) is 0 Å². The lowest BCUT2D eigenvalue weighted by Gasteiger charge is -2.17. The molecule has 28 heavy (non-hydrogen) atoms. The summed E-state index contributed by atoms with van der Waals surface area (Å²) in [6.07, 6.45) is 0. The minimum atomic E-state index is -3.87. The van der Waals surface area contributed by atoms with E-state index in [1.807, 2.05) is 32.9 Å². The average Bonchev–Trinajstić information content (AvgIpc) is 2.78. The molecule has 7 nitrogen and oxygen atoms in total. The van der Waals surface area contributed by atoms with E-state index in [9.17, 15) is 21.6 Å². The summed E-state index contributed by atoms with van der Waals surface area (Å²) in [7, 11) is -7.60. The zero-order valence-electron chi connectivity index (χ0n) is 16.1. The van der Waals surface area contributed by atoms with Gasteiger partial charge in [0.15, 0.2) is 0 Å². The van der Waals surface area contributed by atoms with Gasteiger partial charge in [-0.15, -0.1) is 0 Å². The van der Waals surface area contributed by atoms with Crippen molar-refractivity contribution in [3.63, 3.8) is 0 Å². The van der Waals surface area contributed by atoms with Crippen LogP contribution in [0.5, 0.6) is 0 Å². The Balaban J connectivity index is 1.92. The van der Waals surface area contributed by atoms with Gasteiger partial charge in [-0.05, 0) is 56.2 Å². The van der Waals surface area contributed by atoms with Crippen LogP contribution in [0.1, 0.15) is 23.6 Å². The number of nitrogens with zero attached hydrogens (tertiary/aromatic N) is 1. The van der Waals surface area contributed by atoms with Gasteiger partial charge in [0, 0.05) is 0 Å². The SMILES string of the molecule is Cc1cc(C)c(NS(=O)(=O)c2ccc(N3C(=O)[C@H](C)CS3(=O)=O)cc2)c(C)c1. The number of nitrogens with one attached hydrogen (secondary N) is 1. The Morgan fingerprint density at radius 3 is 2.04 bits per heavy atom. The zero-order valence-corrected chi connectivity index (χ0v) is 17.7. The van der Waals surface area contributed by atoms with Crippen molar-refractivity contribution in [3.8, 4) is 0 Å². The van der Waals surface area contributed by atoms with Crippen LogP contribution in [0.4, 0.5) is 11.4 Å². The highest BCUT2D eigenvalue weighted by Gasteiger charge is 2.42. The van der Waals surface area contributed by atoms with Crippen LogP contribution in [-0.4, -0.2) is 28.5 Å². The second-order valence-corrected chi connectivity index (χ2v) is 10.7. The highest BCUT2D eigenvalue weighted by atomic mass is 32.2. The molecule has 1 aliphatic rings. The number of amides is 1. The average molecular weight is 423 g/mol. The summed E-state index contributed by atoms with van der Waals surface area (Å²) in [5, 5.41) is 0. The summed E-state index contributed by atoms with van der Waals surface area (Å²) in [6.45, 7) is 7.14. The fourth-order valence-corrected chi connectivity index (χ4v) is 6.41. The fraction of sp³-hybridized carbons (Fsp3) is 0.316. The summed E-state index contributed by atoms with van der Waals surface area (Å²) in [4.78, 5) is 12.1. The maximum absolute atomic E-state index is 12.8. The summed E-state index contributed by atoms with van der Waals surface area (Å²) >= 11 is 0. The molecule has 1 atom stereocenters. The van der Waals surface area contributed by atoms with Crippen molar-refractivity contribution in [3.05, 3.63) is 53.1 Å².